The average Bonchev–Trinajstić information content (AvgIpc) is 2.94. The summed E-state index contributed by atoms with van der Waals surface area (Å²) in [6, 6.07) is 0. The van der Waals surface area contributed by atoms with E-state index >= 15 is 0 Å². The molecule has 6 heteroatoms. The van der Waals surface area contributed by atoms with Crippen molar-refractivity contribution in [3.63, 3.8) is 0 Å². The highest BCUT2D eigenvalue weighted by Crippen LogP contribution is 2.58. The summed E-state index contributed by atoms with van der Waals surface area (Å²) in [7, 11) is -0.803. The molecule has 0 amide bonds. The summed E-state index contributed by atoms with van der Waals surface area (Å²) in [5, 5.41) is -0.368. The van der Waals surface area contributed by atoms with E-state index in [-0.39, 0.29) is 34.8 Å². The van der Waals surface area contributed by atoms with Gasteiger partial charge in [-0.05, 0) is 66.8 Å². The van der Waals surface area contributed by atoms with Crippen molar-refractivity contribution >= 4 is 14.2 Å². The van der Waals surface area contributed by atoms with Crippen LogP contribution in [0.2, 0.25) is 5.31 Å². The summed E-state index contributed by atoms with van der Waals surface area (Å²) >= 11 is 0. The van der Waals surface area contributed by atoms with E-state index in [0.717, 1.165) is 5.47 Å². The van der Waals surface area contributed by atoms with Crippen LogP contribution in [0.15, 0.2) is 12.1 Å². The molecule has 0 aromatic rings. The van der Waals surface area contributed by atoms with Crippen LogP contribution in [-0.4, -0.2) is 36.6 Å². The Bertz CT molecular complexity index is 590. The van der Waals surface area contributed by atoms with Gasteiger partial charge in [-0.3, -0.25) is 0 Å². The van der Waals surface area contributed by atoms with Crippen molar-refractivity contribution in [2.45, 2.75) is 122 Å². The van der Waals surface area contributed by atoms with Crippen molar-refractivity contribution in [2.24, 2.45) is 5.92 Å². The van der Waals surface area contributed by atoms with E-state index < -0.39 is 7.12 Å². The van der Waals surface area contributed by atoms with E-state index in [0.29, 0.717) is 5.92 Å². The lowest BCUT2D eigenvalue weighted by Crippen LogP contribution is -2.45. The summed E-state index contributed by atoms with van der Waals surface area (Å²) in [5.41, 5.74) is -0.557. The van der Waals surface area contributed by atoms with Gasteiger partial charge in [-0.15, -0.1) is 6.58 Å². The van der Waals surface area contributed by atoms with Crippen molar-refractivity contribution < 1.29 is 18.6 Å². The molecule has 0 bridgehead atoms. The lowest BCUT2D eigenvalue weighted by atomic mass is 9.41. The molecule has 0 aromatic carbocycles. The third-order valence-electron chi connectivity index (χ3n) is 8.43. The molecule has 1 aliphatic carbocycles. The van der Waals surface area contributed by atoms with E-state index in [9.17, 15) is 0 Å². The van der Waals surface area contributed by atoms with Crippen LogP contribution in [0.1, 0.15) is 94.4 Å². The van der Waals surface area contributed by atoms with Gasteiger partial charge >= 0.3 is 14.2 Å². The molecule has 28 heavy (non-hydrogen) atoms. The number of hydrogen-bond donors (Lipinski definition) is 0. The van der Waals surface area contributed by atoms with Crippen molar-refractivity contribution in [3.8, 4) is 0 Å². The normalized spacial score (nSPS) is 31.0. The van der Waals surface area contributed by atoms with Gasteiger partial charge in [0.25, 0.3) is 0 Å². The molecule has 2 heterocycles. The monoisotopic (exact) mass is 390 g/mol. The third kappa shape index (κ3) is 3.42. The SMILES string of the molecule is C=C(B1OC(C)(C)C(C)(C)O1)[C@](C)(B1OC(C)(C)C(C)(C)O1)C1CCCCC1. The van der Waals surface area contributed by atoms with Gasteiger partial charge in [0.2, 0.25) is 0 Å². The van der Waals surface area contributed by atoms with E-state index in [1.54, 1.807) is 0 Å². The molecule has 1 atom stereocenters. The Morgan fingerprint density at radius 3 is 1.57 bits per heavy atom. The molecule has 0 radical (unpaired) electrons. The van der Waals surface area contributed by atoms with Gasteiger partial charge in [0.05, 0.1) is 22.4 Å². The van der Waals surface area contributed by atoms with Crippen LogP contribution < -0.4 is 0 Å². The van der Waals surface area contributed by atoms with Crippen LogP contribution in [0.5, 0.6) is 0 Å². The van der Waals surface area contributed by atoms with E-state index in [1.165, 1.54) is 32.1 Å². The average molecular weight is 390 g/mol. The Kier molecular flexibility index (Phi) is 5.49. The molecule has 0 N–H and O–H groups in total. The minimum atomic E-state index is -0.448. The van der Waals surface area contributed by atoms with Crippen LogP contribution in [0.4, 0.5) is 0 Å². The molecule has 3 aliphatic rings. The fourth-order valence-electron chi connectivity index (χ4n) is 4.64. The molecule has 3 rings (SSSR count). The second-order valence-electron chi connectivity index (χ2n) is 11.3. The number of rotatable bonds is 4. The lowest BCUT2D eigenvalue weighted by molar-refractivity contribution is 0.00578. The first kappa shape index (κ1) is 22.4. The topological polar surface area (TPSA) is 36.9 Å². The summed E-state index contributed by atoms with van der Waals surface area (Å²) < 4.78 is 25.9. The highest BCUT2D eigenvalue weighted by atomic mass is 16.7. The molecule has 0 aromatic heterocycles. The second kappa shape index (κ2) is 6.87. The molecule has 158 valence electrons. The Morgan fingerprint density at radius 2 is 1.14 bits per heavy atom. The van der Waals surface area contributed by atoms with Gasteiger partial charge in [-0.25, -0.2) is 0 Å². The van der Waals surface area contributed by atoms with E-state index in [4.69, 9.17) is 18.6 Å². The van der Waals surface area contributed by atoms with Crippen LogP contribution >= 0.6 is 0 Å². The molecule has 1 saturated carbocycles. The minimum Gasteiger partial charge on any atom is -0.403 e. The summed E-state index contributed by atoms with van der Waals surface area (Å²) in [4.78, 5) is 0. The molecule has 0 unspecified atom stereocenters. The number of allylic oxidation sites excluding steroid dienone is 1. The van der Waals surface area contributed by atoms with Gasteiger partial charge in [0.15, 0.2) is 0 Å². The molecule has 2 aliphatic heterocycles. The first-order valence-corrected chi connectivity index (χ1v) is 11.0. The maximum absolute atomic E-state index is 6.57. The highest BCUT2D eigenvalue weighted by molar-refractivity contribution is 6.62. The van der Waals surface area contributed by atoms with Crippen LogP contribution in [0.3, 0.4) is 0 Å². The maximum atomic E-state index is 6.57. The predicted octanol–water partition coefficient (Wildman–Crippen LogP) is 5.61. The highest BCUT2D eigenvalue weighted by Gasteiger charge is 2.64. The van der Waals surface area contributed by atoms with Crippen LogP contribution in [-0.2, 0) is 18.6 Å². The maximum Gasteiger partial charge on any atom is 0.490 e. The van der Waals surface area contributed by atoms with Gasteiger partial charge in [-0.1, -0.05) is 39.0 Å². The fourth-order valence-corrected chi connectivity index (χ4v) is 4.64. The smallest absolute Gasteiger partial charge is 0.403 e. The molecular formula is C22H40B2O4. The van der Waals surface area contributed by atoms with Crippen molar-refractivity contribution in [3.05, 3.63) is 12.1 Å². The van der Waals surface area contributed by atoms with Crippen molar-refractivity contribution in [1.29, 1.82) is 0 Å². The first-order valence-electron chi connectivity index (χ1n) is 11.0. The molecule has 3 fully saturated rings. The van der Waals surface area contributed by atoms with Crippen LogP contribution in [0, 0.1) is 5.92 Å². The first-order chi connectivity index (χ1) is 12.6. The van der Waals surface area contributed by atoms with E-state index in [2.05, 4.69) is 68.9 Å². The summed E-state index contributed by atoms with van der Waals surface area (Å²) in [6.45, 7) is 23.6. The molecular weight excluding hydrogens is 350 g/mol. The second-order valence-corrected chi connectivity index (χ2v) is 11.3. The number of hydrogen-bond acceptors (Lipinski definition) is 4. The summed E-state index contributed by atoms with van der Waals surface area (Å²) in [5.74, 6) is 0.447. The standard InChI is InChI=1S/C22H40B2O4/c1-16(23-25-18(2,3)19(4,5)26-23)22(10,17-14-12-11-13-15-17)24-27-20(6,7)21(8,9)28-24/h17H,1,11-15H2,2-10H3/t22-/m0/s1. The fraction of sp³-hybridized carbons (Fsp3) is 0.909. The van der Waals surface area contributed by atoms with E-state index in [1.807, 2.05) is 0 Å². The quantitative estimate of drug-likeness (QED) is 0.585. The van der Waals surface area contributed by atoms with Gasteiger partial charge in [0.1, 0.15) is 0 Å². The van der Waals surface area contributed by atoms with Gasteiger partial charge in [-0.2, -0.15) is 0 Å². The Balaban J connectivity index is 1.95. The molecule has 2 saturated heterocycles. The van der Waals surface area contributed by atoms with Crippen molar-refractivity contribution in [1.82, 2.24) is 0 Å². The van der Waals surface area contributed by atoms with Crippen molar-refractivity contribution in [2.75, 3.05) is 0 Å². The zero-order chi connectivity index (χ0) is 21.2. The predicted molar refractivity (Wildman–Crippen MR) is 116 cm³/mol. The molecule has 0 spiro atoms. The Hall–Kier alpha value is -0.290. The zero-order valence-electron chi connectivity index (χ0n) is 19.6. The Labute approximate surface area is 173 Å². The largest absolute Gasteiger partial charge is 0.490 e. The van der Waals surface area contributed by atoms with Crippen LogP contribution in [0.25, 0.3) is 0 Å². The minimum absolute atomic E-state index is 0.355. The lowest BCUT2D eigenvalue weighted by Gasteiger charge is -2.43. The van der Waals surface area contributed by atoms with Gasteiger partial charge in [0, 0.05) is 5.31 Å². The summed E-state index contributed by atoms with van der Waals surface area (Å²) in [6.07, 6.45) is 6.13. The third-order valence-corrected chi connectivity index (χ3v) is 8.43. The molecule has 4 nitrogen and oxygen atoms in total. The zero-order valence-corrected chi connectivity index (χ0v) is 19.6. The Morgan fingerprint density at radius 1 is 0.750 bits per heavy atom. The van der Waals surface area contributed by atoms with Gasteiger partial charge < -0.3 is 18.6 Å².